The van der Waals surface area contributed by atoms with E-state index in [2.05, 4.69) is 12.2 Å². The highest BCUT2D eigenvalue weighted by molar-refractivity contribution is 7.92. The van der Waals surface area contributed by atoms with Gasteiger partial charge >= 0.3 is 0 Å². The lowest BCUT2D eigenvalue weighted by molar-refractivity contribution is -0.0688. The number of fused-ring (bicyclic) bond motifs is 1. The van der Waals surface area contributed by atoms with Crippen LogP contribution in [0.25, 0.3) is 0 Å². The van der Waals surface area contributed by atoms with Crippen LogP contribution in [0, 0.1) is 23.2 Å². The van der Waals surface area contributed by atoms with Crippen molar-refractivity contribution in [2.75, 3.05) is 17.1 Å². The van der Waals surface area contributed by atoms with Crippen LogP contribution < -0.4 is 9.62 Å². The highest BCUT2D eigenvalue weighted by Gasteiger charge is 2.53. The van der Waals surface area contributed by atoms with Crippen LogP contribution in [0.2, 0.25) is 0 Å². The van der Waals surface area contributed by atoms with Gasteiger partial charge in [0.2, 0.25) is 10.0 Å². The first kappa shape index (κ1) is 19.4. The lowest BCUT2D eigenvalue weighted by Gasteiger charge is -2.59. The predicted octanol–water partition coefficient (Wildman–Crippen LogP) is 3.73. The van der Waals surface area contributed by atoms with Crippen LogP contribution in [0.15, 0.2) is 18.2 Å². The second kappa shape index (κ2) is 6.73. The number of sulfonamides is 1. The molecule has 6 heteroatoms. The Morgan fingerprint density at radius 3 is 2.34 bits per heavy atom. The first-order chi connectivity index (χ1) is 13.7. The Morgan fingerprint density at radius 2 is 1.76 bits per heavy atom. The fourth-order valence-corrected chi connectivity index (χ4v) is 8.19. The Bertz CT molecular complexity index is 904. The molecular weight excluding hydrogens is 384 g/mol. The Morgan fingerprint density at radius 1 is 1.14 bits per heavy atom. The van der Waals surface area contributed by atoms with Gasteiger partial charge in [-0.25, -0.2) is 8.42 Å². The molecule has 4 bridgehead atoms. The van der Waals surface area contributed by atoms with Gasteiger partial charge in [0, 0.05) is 18.2 Å². The minimum absolute atomic E-state index is 0.0208. The van der Waals surface area contributed by atoms with E-state index in [1.165, 1.54) is 49.1 Å². The predicted molar refractivity (Wildman–Crippen MR) is 114 cm³/mol. The molecule has 0 unspecified atom stereocenters. The molecule has 1 N–H and O–H groups in total. The van der Waals surface area contributed by atoms with Gasteiger partial charge in [-0.15, -0.1) is 0 Å². The summed E-state index contributed by atoms with van der Waals surface area (Å²) in [6.07, 6.45) is 10.9. The summed E-state index contributed by atoms with van der Waals surface area (Å²) in [7, 11) is -3.28. The zero-order valence-electron chi connectivity index (χ0n) is 17.5. The largest absolute Gasteiger partial charge is 0.349 e. The van der Waals surface area contributed by atoms with Gasteiger partial charge in [0.05, 0.1) is 11.9 Å². The molecule has 1 aromatic carbocycles. The third-order valence-corrected chi connectivity index (χ3v) is 9.35. The summed E-state index contributed by atoms with van der Waals surface area (Å²) in [6, 6.07) is 5.67. The molecule has 0 saturated heterocycles. The average molecular weight is 417 g/mol. The van der Waals surface area contributed by atoms with Gasteiger partial charge in [-0.2, -0.15) is 0 Å². The lowest BCUT2D eigenvalue weighted by Crippen LogP contribution is -2.55. The number of hydrogen-bond donors (Lipinski definition) is 1. The zero-order chi connectivity index (χ0) is 20.4. The van der Waals surface area contributed by atoms with Crippen molar-refractivity contribution in [3.8, 4) is 0 Å². The van der Waals surface area contributed by atoms with Crippen LogP contribution >= 0.6 is 0 Å². The molecular formula is C23H32N2O3S. The van der Waals surface area contributed by atoms with E-state index in [0.717, 1.165) is 41.8 Å². The molecule has 1 aromatic rings. The van der Waals surface area contributed by atoms with Gasteiger partial charge in [0.15, 0.2) is 0 Å². The third-order valence-electron chi connectivity index (χ3n) is 8.17. The van der Waals surface area contributed by atoms with Crippen LogP contribution in [0.3, 0.4) is 0 Å². The molecule has 4 fully saturated rings. The minimum Gasteiger partial charge on any atom is -0.349 e. The molecule has 4 saturated carbocycles. The normalized spacial score (nSPS) is 34.0. The fourth-order valence-electron chi connectivity index (χ4n) is 7.19. The summed E-state index contributed by atoms with van der Waals surface area (Å²) in [4.78, 5) is 13.1. The highest BCUT2D eigenvalue weighted by Crippen LogP contribution is 2.61. The maximum atomic E-state index is 13.1. The molecule has 4 aliphatic carbocycles. The first-order valence-electron chi connectivity index (χ1n) is 11.1. The topological polar surface area (TPSA) is 66.5 Å². The summed E-state index contributed by atoms with van der Waals surface area (Å²) in [5.41, 5.74) is 2.61. The van der Waals surface area contributed by atoms with Crippen LogP contribution in [0.4, 0.5) is 5.69 Å². The summed E-state index contributed by atoms with van der Waals surface area (Å²) >= 11 is 0. The van der Waals surface area contributed by atoms with Crippen LogP contribution in [-0.2, 0) is 16.4 Å². The number of nitrogens with one attached hydrogen (secondary N) is 1. The SMILES string of the molecule is C[C@H](NC(=O)c1ccc2c(c1)CCCN2S(C)(=O)=O)C12CC3CC(CC(C3)C1)C2. The summed E-state index contributed by atoms with van der Waals surface area (Å²) in [6.45, 7) is 2.72. The average Bonchev–Trinajstić information content (AvgIpc) is 2.65. The van der Waals surface area contributed by atoms with Gasteiger partial charge in [-0.1, -0.05) is 0 Å². The van der Waals surface area contributed by atoms with Crippen molar-refractivity contribution in [1.29, 1.82) is 0 Å². The number of benzene rings is 1. The zero-order valence-corrected chi connectivity index (χ0v) is 18.3. The molecule has 1 amide bonds. The van der Waals surface area contributed by atoms with Gasteiger partial charge in [-0.3, -0.25) is 9.10 Å². The summed E-state index contributed by atoms with van der Waals surface area (Å²) in [5.74, 6) is 2.58. The van der Waals surface area contributed by atoms with Crippen molar-refractivity contribution in [3.63, 3.8) is 0 Å². The van der Waals surface area contributed by atoms with E-state index >= 15 is 0 Å². The van der Waals surface area contributed by atoms with Crippen molar-refractivity contribution < 1.29 is 13.2 Å². The maximum Gasteiger partial charge on any atom is 0.251 e. The van der Waals surface area contributed by atoms with Gasteiger partial charge in [0.1, 0.15) is 0 Å². The second-order valence-corrected chi connectivity index (χ2v) is 12.2. The first-order valence-corrected chi connectivity index (χ1v) is 13.0. The van der Waals surface area contributed by atoms with Gasteiger partial charge in [-0.05, 0) is 105 Å². The van der Waals surface area contributed by atoms with Gasteiger partial charge in [0.25, 0.3) is 5.91 Å². The molecule has 6 rings (SSSR count). The van der Waals surface area contributed by atoms with Crippen molar-refractivity contribution in [3.05, 3.63) is 29.3 Å². The smallest absolute Gasteiger partial charge is 0.251 e. The number of rotatable bonds is 4. The minimum atomic E-state index is -3.28. The van der Waals surface area contributed by atoms with Crippen molar-refractivity contribution in [1.82, 2.24) is 5.32 Å². The van der Waals surface area contributed by atoms with Crippen LogP contribution in [0.5, 0.6) is 0 Å². The lowest BCUT2D eigenvalue weighted by atomic mass is 9.48. The molecule has 0 spiro atoms. The Kier molecular flexibility index (Phi) is 4.50. The van der Waals surface area contributed by atoms with E-state index in [1.54, 1.807) is 12.1 Å². The molecule has 1 atom stereocenters. The maximum absolute atomic E-state index is 13.1. The molecule has 0 radical (unpaired) electrons. The van der Waals surface area contributed by atoms with Crippen LogP contribution in [-0.4, -0.2) is 33.2 Å². The van der Waals surface area contributed by atoms with Crippen LogP contribution in [0.1, 0.15) is 67.8 Å². The molecule has 1 aliphatic heterocycles. The Hall–Kier alpha value is -1.56. The number of carbonyl (C=O) groups excluding carboxylic acids is 1. The third kappa shape index (κ3) is 3.37. The number of nitrogens with zero attached hydrogens (tertiary/aromatic N) is 1. The molecule has 0 aromatic heterocycles. The van der Waals surface area contributed by atoms with Crippen molar-refractivity contribution >= 4 is 21.6 Å². The molecule has 5 aliphatic rings. The van der Waals surface area contributed by atoms with E-state index in [0.29, 0.717) is 12.1 Å². The van der Waals surface area contributed by atoms with Gasteiger partial charge < -0.3 is 5.32 Å². The number of amides is 1. The van der Waals surface area contributed by atoms with E-state index < -0.39 is 10.0 Å². The van der Waals surface area contributed by atoms with E-state index in [4.69, 9.17) is 0 Å². The van der Waals surface area contributed by atoms with Crippen molar-refractivity contribution in [2.45, 2.75) is 64.3 Å². The monoisotopic (exact) mass is 416 g/mol. The summed E-state index contributed by atoms with van der Waals surface area (Å²) in [5, 5.41) is 3.33. The molecule has 158 valence electrons. The van der Waals surface area contributed by atoms with Crippen molar-refractivity contribution in [2.24, 2.45) is 23.2 Å². The number of anilines is 1. The van der Waals surface area contributed by atoms with E-state index in [9.17, 15) is 13.2 Å². The number of aryl methyl sites for hydroxylation is 1. The Balaban J connectivity index is 1.34. The fraction of sp³-hybridized carbons (Fsp3) is 0.696. The molecule has 29 heavy (non-hydrogen) atoms. The molecule has 5 nitrogen and oxygen atoms in total. The standard InChI is InChI=1S/C23H32N2O3S/c1-15(23-12-16-8-17(13-23)10-18(9-16)14-23)24-22(26)20-5-6-21-19(11-20)4-3-7-25(21)29(2,27)28/h5-6,11,15-18H,3-4,7-10,12-14H2,1-2H3,(H,24,26)/t15-,16?,17?,18?,23?/m0/s1. The molecule has 1 heterocycles. The Labute approximate surface area is 174 Å². The summed E-state index contributed by atoms with van der Waals surface area (Å²) < 4.78 is 25.6. The quantitative estimate of drug-likeness (QED) is 0.813. The second-order valence-electron chi connectivity index (χ2n) is 10.3. The van der Waals surface area contributed by atoms with E-state index in [-0.39, 0.29) is 17.4 Å². The highest BCUT2D eigenvalue weighted by atomic mass is 32.2. The number of carbonyl (C=O) groups is 1. The van der Waals surface area contributed by atoms with E-state index in [1.807, 2.05) is 6.07 Å². The number of hydrogen-bond acceptors (Lipinski definition) is 3.